The van der Waals surface area contributed by atoms with Gasteiger partial charge in [0.2, 0.25) is 5.91 Å². The van der Waals surface area contributed by atoms with Gasteiger partial charge >= 0.3 is 0 Å². The number of carbonyl (C=O) groups is 1. The number of hydrogen-bond acceptors (Lipinski definition) is 2. The summed E-state index contributed by atoms with van der Waals surface area (Å²) in [6.07, 6.45) is 2.65. The molecule has 4 nitrogen and oxygen atoms in total. The predicted molar refractivity (Wildman–Crippen MR) is 63.6 cm³/mol. The van der Waals surface area contributed by atoms with Gasteiger partial charge in [-0.2, -0.15) is 0 Å². The zero-order valence-corrected chi connectivity index (χ0v) is 9.44. The SMILES string of the molecule is NC(=O)c1ccc2c(c1)ncn2CCCCl. The number of benzene rings is 1. The summed E-state index contributed by atoms with van der Waals surface area (Å²) in [6, 6.07) is 5.27. The van der Waals surface area contributed by atoms with Crippen molar-refractivity contribution in [1.82, 2.24) is 9.55 Å². The van der Waals surface area contributed by atoms with Crippen LogP contribution in [0.15, 0.2) is 24.5 Å². The molecule has 2 N–H and O–H groups in total. The van der Waals surface area contributed by atoms with Crippen LogP contribution in [0.1, 0.15) is 16.8 Å². The Hall–Kier alpha value is -1.55. The van der Waals surface area contributed by atoms with Crippen LogP contribution >= 0.6 is 11.6 Å². The van der Waals surface area contributed by atoms with E-state index in [0.717, 1.165) is 24.0 Å². The summed E-state index contributed by atoms with van der Waals surface area (Å²) in [7, 11) is 0. The topological polar surface area (TPSA) is 60.9 Å². The lowest BCUT2D eigenvalue weighted by Gasteiger charge is -2.02. The number of aryl methyl sites for hydroxylation is 1. The molecule has 0 radical (unpaired) electrons. The van der Waals surface area contributed by atoms with Crippen molar-refractivity contribution in [3.63, 3.8) is 0 Å². The first-order chi connectivity index (χ1) is 7.72. The van der Waals surface area contributed by atoms with E-state index in [4.69, 9.17) is 17.3 Å². The maximum absolute atomic E-state index is 11.0. The minimum atomic E-state index is -0.433. The molecule has 0 aliphatic carbocycles. The molecule has 0 saturated heterocycles. The number of aromatic nitrogens is 2. The lowest BCUT2D eigenvalue weighted by Crippen LogP contribution is -2.10. The fourth-order valence-corrected chi connectivity index (χ4v) is 1.74. The van der Waals surface area contributed by atoms with Gasteiger partial charge in [-0.05, 0) is 24.6 Å². The van der Waals surface area contributed by atoms with E-state index in [2.05, 4.69) is 4.98 Å². The monoisotopic (exact) mass is 237 g/mol. The number of rotatable bonds is 4. The van der Waals surface area contributed by atoms with Crippen LogP contribution in [0.2, 0.25) is 0 Å². The van der Waals surface area contributed by atoms with Crippen LogP contribution in [0, 0.1) is 0 Å². The third-order valence-electron chi connectivity index (χ3n) is 2.44. The lowest BCUT2D eigenvalue weighted by atomic mass is 10.2. The fourth-order valence-electron chi connectivity index (χ4n) is 1.63. The molecule has 1 aromatic heterocycles. The predicted octanol–water partition coefficient (Wildman–Crippen LogP) is 1.76. The van der Waals surface area contributed by atoms with Crippen LogP contribution in [0.5, 0.6) is 0 Å². The van der Waals surface area contributed by atoms with Crippen LogP contribution < -0.4 is 5.73 Å². The highest BCUT2D eigenvalue weighted by molar-refractivity contribution is 6.17. The highest BCUT2D eigenvalue weighted by Crippen LogP contribution is 2.15. The molecule has 5 heteroatoms. The number of amides is 1. The summed E-state index contributed by atoms with van der Waals surface area (Å²) >= 11 is 5.64. The molecule has 2 rings (SSSR count). The Balaban J connectivity index is 2.38. The Morgan fingerprint density at radius 1 is 1.50 bits per heavy atom. The molecular formula is C11H12ClN3O. The Morgan fingerprint density at radius 2 is 2.31 bits per heavy atom. The van der Waals surface area contributed by atoms with Gasteiger partial charge in [-0.3, -0.25) is 4.79 Å². The van der Waals surface area contributed by atoms with Crippen molar-refractivity contribution >= 4 is 28.5 Å². The van der Waals surface area contributed by atoms with Crippen molar-refractivity contribution in [2.45, 2.75) is 13.0 Å². The van der Waals surface area contributed by atoms with Crippen molar-refractivity contribution in [1.29, 1.82) is 0 Å². The molecular weight excluding hydrogens is 226 g/mol. The highest BCUT2D eigenvalue weighted by Gasteiger charge is 2.06. The van der Waals surface area contributed by atoms with Crippen LogP contribution in [-0.4, -0.2) is 21.3 Å². The van der Waals surface area contributed by atoms with Gasteiger partial charge in [0, 0.05) is 18.0 Å². The summed E-state index contributed by atoms with van der Waals surface area (Å²) < 4.78 is 2.02. The number of carbonyl (C=O) groups excluding carboxylic acids is 1. The molecule has 0 aliphatic rings. The Kier molecular flexibility index (Phi) is 3.10. The molecule has 2 aromatic rings. The molecule has 1 aromatic carbocycles. The van der Waals surface area contributed by atoms with Crippen LogP contribution in [0.3, 0.4) is 0 Å². The van der Waals surface area contributed by atoms with E-state index in [1.807, 2.05) is 10.6 Å². The second-order valence-electron chi connectivity index (χ2n) is 3.55. The third-order valence-corrected chi connectivity index (χ3v) is 2.71. The van der Waals surface area contributed by atoms with Crippen molar-refractivity contribution < 1.29 is 4.79 Å². The number of halogens is 1. The van der Waals surface area contributed by atoms with Gasteiger partial charge in [0.15, 0.2) is 0 Å². The maximum Gasteiger partial charge on any atom is 0.248 e. The molecule has 0 atom stereocenters. The number of nitrogens with two attached hydrogens (primary N) is 1. The van der Waals surface area contributed by atoms with Gasteiger partial charge in [0.25, 0.3) is 0 Å². The van der Waals surface area contributed by atoms with E-state index in [9.17, 15) is 4.79 Å². The van der Waals surface area contributed by atoms with E-state index in [1.54, 1.807) is 18.5 Å². The molecule has 0 bridgehead atoms. The number of nitrogens with zero attached hydrogens (tertiary/aromatic N) is 2. The summed E-state index contributed by atoms with van der Waals surface area (Å²) in [6.45, 7) is 0.829. The molecule has 0 saturated carbocycles. The summed E-state index contributed by atoms with van der Waals surface area (Å²) in [4.78, 5) is 15.2. The number of imidazole rings is 1. The van der Waals surface area contributed by atoms with Gasteiger partial charge in [-0.15, -0.1) is 11.6 Å². The number of primary amides is 1. The molecule has 16 heavy (non-hydrogen) atoms. The van der Waals surface area contributed by atoms with E-state index in [0.29, 0.717) is 11.4 Å². The standard InChI is InChI=1S/C11H12ClN3O/c12-4-1-5-15-7-14-9-6-8(11(13)16)2-3-10(9)15/h2-3,6-7H,1,4-5H2,(H2,13,16). The van der Waals surface area contributed by atoms with E-state index in [-0.39, 0.29) is 0 Å². The first-order valence-electron chi connectivity index (χ1n) is 5.03. The summed E-state index contributed by atoms with van der Waals surface area (Å²) in [5.41, 5.74) is 7.46. The molecule has 0 aliphatic heterocycles. The molecule has 0 fully saturated rings. The Morgan fingerprint density at radius 3 is 3.00 bits per heavy atom. The normalized spacial score (nSPS) is 10.8. The first kappa shape index (κ1) is 11.0. The molecule has 84 valence electrons. The van der Waals surface area contributed by atoms with Crippen molar-refractivity contribution in [2.75, 3.05) is 5.88 Å². The maximum atomic E-state index is 11.0. The number of fused-ring (bicyclic) bond motifs is 1. The smallest absolute Gasteiger partial charge is 0.248 e. The minimum Gasteiger partial charge on any atom is -0.366 e. The molecule has 1 heterocycles. The Bertz CT molecular complexity index is 521. The largest absolute Gasteiger partial charge is 0.366 e. The van der Waals surface area contributed by atoms with Crippen molar-refractivity contribution in [2.24, 2.45) is 5.73 Å². The average molecular weight is 238 g/mol. The average Bonchev–Trinajstić information content (AvgIpc) is 2.68. The van der Waals surface area contributed by atoms with Gasteiger partial charge < -0.3 is 10.3 Å². The van der Waals surface area contributed by atoms with Gasteiger partial charge in [0.1, 0.15) is 0 Å². The zero-order valence-electron chi connectivity index (χ0n) is 8.69. The fraction of sp³-hybridized carbons (Fsp3) is 0.273. The van der Waals surface area contributed by atoms with Crippen molar-refractivity contribution in [3.05, 3.63) is 30.1 Å². The van der Waals surface area contributed by atoms with Crippen LogP contribution in [0.4, 0.5) is 0 Å². The summed E-state index contributed by atoms with van der Waals surface area (Å²) in [5.74, 6) is 0.191. The van der Waals surface area contributed by atoms with Gasteiger partial charge in [-0.25, -0.2) is 4.98 Å². The minimum absolute atomic E-state index is 0.433. The molecule has 0 spiro atoms. The van der Waals surface area contributed by atoms with E-state index in [1.165, 1.54) is 0 Å². The van der Waals surface area contributed by atoms with E-state index >= 15 is 0 Å². The first-order valence-corrected chi connectivity index (χ1v) is 5.56. The molecule has 0 unspecified atom stereocenters. The van der Waals surface area contributed by atoms with Gasteiger partial charge in [0.05, 0.1) is 17.4 Å². The number of hydrogen-bond donors (Lipinski definition) is 1. The van der Waals surface area contributed by atoms with Crippen molar-refractivity contribution in [3.8, 4) is 0 Å². The molecule has 1 amide bonds. The Labute approximate surface area is 98.0 Å². The second kappa shape index (κ2) is 4.53. The second-order valence-corrected chi connectivity index (χ2v) is 3.93. The quantitative estimate of drug-likeness (QED) is 0.824. The highest BCUT2D eigenvalue weighted by atomic mass is 35.5. The van der Waals surface area contributed by atoms with Crippen LogP contribution in [0.25, 0.3) is 11.0 Å². The zero-order chi connectivity index (χ0) is 11.5. The third kappa shape index (κ3) is 2.02. The van der Waals surface area contributed by atoms with E-state index < -0.39 is 5.91 Å². The van der Waals surface area contributed by atoms with Crippen LogP contribution in [-0.2, 0) is 6.54 Å². The number of alkyl halides is 1. The summed E-state index contributed by atoms with van der Waals surface area (Å²) in [5, 5.41) is 0. The van der Waals surface area contributed by atoms with Gasteiger partial charge in [-0.1, -0.05) is 0 Å². The lowest BCUT2D eigenvalue weighted by molar-refractivity contribution is 0.100.